The second kappa shape index (κ2) is 7.99. The van der Waals surface area contributed by atoms with E-state index in [9.17, 15) is 9.90 Å². The zero-order valence-corrected chi connectivity index (χ0v) is 14.0. The Kier molecular flexibility index (Phi) is 6.99. The van der Waals surface area contributed by atoms with Crippen molar-refractivity contribution >= 4 is 33.2 Å². The molecule has 0 saturated carbocycles. The first-order valence-electron chi connectivity index (χ1n) is 6.22. The molecule has 0 saturated heterocycles. The molecule has 1 rings (SSSR count). The second-order valence-electron chi connectivity index (χ2n) is 4.86. The minimum Gasteiger partial charge on any atom is -0.393 e. The Bertz CT molecular complexity index is 409. The Morgan fingerprint density at radius 3 is 2.74 bits per heavy atom. The molecular formula is C13H21BrN2O2S. The van der Waals surface area contributed by atoms with Gasteiger partial charge in [0.25, 0.3) is 0 Å². The normalized spacial score (nSPS) is 12.7. The van der Waals surface area contributed by atoms with Gasteiger partial charge in [-0.1, -0.05) is 0 Å². The Labute approximate surface area is 127 Å². The maximum Gasteiger partial charge on any atom is 0.236 e. The summed E-state index contributed by atoms with van der Waals surface area (Å²) < 4.78 is 1.06. The molecule has 1 amide bonds. The van der Waals surface area contributed by atoms with Gasteiger partial charge in [-0.3, -0.25) is 9.69 Å². The minimum atomic E-state index is -0.321. The van der Waals surface area contributed by atoms with E-state index in [-0.39, 0.29) is 12.0 Å². The van der Waals surface area contributed by atoms with E-state index in [0.717, 1.165) is 15.9 Å². The predicted molar refractivity (Wildman–Crippen MR) is 82.3 cm³/mol. The van der Waals surface area contributed by atoms with Crippen LogP contribution in [0.2, 0.25) is 0 Å². The van der Waals surface area contributed by atoms with Crippen LogP contribution in [0.4, 0.5) is 0 Å². The van der Waals surface area contributed by atoms with Crippen LogP contribution < -0.4 is 0 Å². The van der Waals surface area contributed by atoms with Crippen molar-refractivity contribution in [1.82, 2.24) is 9.80 Å². The van der Waals surface area contributed by atoms with Crippen molar-refractivity contribution in [2.75, 3.05) is 27.2 Å². The zero-order valence-electron chi connectivity index (χ0n) is 11.6. The first-order chi connectivity index (χ1) is 8.88. The van der Waals surface area contributed by atoms with Gasteiger partial charge >= 0.3 is 0 Å². The van der Waals surface area contributed by atoms with Gasteiger partial charge in [-0.2, -0.15) is 0 Å². The molecular weight excluding hydrogens is 328 g/mol. The molecule has 1 N–H and O–H groups in total. The van der Waals surface area contributed by atoms with Crippen molar-refractivity contribution in [1.29, 1.82) is 0 Å². The summed E-state index contributed by atoms with van der Waals surface area (Å²) in [5.74, 6) is 0.0950. The monoisotopic (exact) mass is 348 g/mol. The van der Waals surface area contributed by atoms with E-state index in [0.29, 0.717) is 19.5 Å². The summed E-state index contributed by atoms with van der Waals surface area (Å²) in [6.45, 7) is 3.51. The van der Waals surface area contributed by atoms with Crippen molar-refractivity contribution in [2.45, 2.75) is 26.0 Å². The fourth-order valence-corrected chi connectivity index (χ4v) is 3.10. The van der Waals surface area contributed by atoms with Gasteiger partial charge in [-0.25, -0.2) is 0 Å². The molecule has 0 aliphatic heterocycles. The molecule has 0 radical (unpaired) electrons. The highest BCUT2D eigenvalue weighted by atomic mass is 79.9. The fourth-order valence-electron chi connectivity index (χ4n) is 1.60. The summed E-state index contributed by atoms with van der Waals surface area (Å²) >= 11 is 5.05. The van der Waals surface area contributed by atoms with Crippen molar-refractivity contribution < 1.29 is 9.90 Å². The van der Waals surface area contributed by atoms with Gasteiger partial charge in [0.2, 0.25) is 5.91 Å². The van der Waals surface area contributed by atoms with Gasteiger partial charge in [0.15, 0.2) is 0 Å². The fraction of sp³-hybridized carbons (Fsp3) is 0.615. The maximum atomic E-state index is 12.0. The lowest BCUT2D eigenvalue weighted by molar-refractivity contribution is -0.131. The summed E-state index contributed by atoms with van der Waals surface area (Å²) in [4.78, 5) is 16.9. The van der Waals surface area contributed by atoms with E-state index in [1.54, 1.807) is 23.2 Å². The standard InChI is InChI=1S/C13H21BrN2O2S/c1-10(17)4-5-15(2)8-13(18)16(3)7-12-6-11(14)9-19-12/h6,9-10,17H,4-5,7-8H2,1-3H3. The third-order valence-corrected chi connectivity index (χ3v) is 4.46. The lowest BCUT2D eigenvalue weighted by Gasteiger charge is -2.21. The number of carbonyl (C=O) groups excluding carboxylic acids is 1. The van der Waals surface area contributed by atoms with Crippen molar-refractivity contribution in [3.05, 3.63) is 20.8 Å². The quantitative estimate of drug-likeness (QED) is 0.821. The molecule has 0 fully saturated rings. The molecule has 1 aromatic rings. The minimum absolute atomic E-state index is 0.0950. The number of amides is 1. The summed E-state index contributed by atoms with van der Waals surface area (Å²) in [5, 5.41) is 11.2. The molecule has 1 heterocycles. The average Bonchev–Trinajstić information content (AvgIpc) is 2.72. The Hall–Kier alpha value is -0.430. The highest BCUT2D eigenvalue weighted by Crippen LogP contribution is 2.20. The maximum absolute atomic E-state index is 12.0. The number of hydrogen-bond acceptors (Lipinski definition) is 4. The van der Waals surface area contributed by atoms with Crippen LogP contribution in [-0.4, -0.2) is 54.1 Å². The lowest BCUT2D eigenvalue weighted by Crippen LogP contribution is -2.37. The number of nitrogens with zero attached hydrogens (tertiary/aromatic N) is 2. The smallest absolute Gasteiger partial charge is 0.236 e. The van der Waals surface area contributed by atoms with Crippen molar-refractivity contribution in [3.8, 4) is 0 Å². The molecule has 1 atom stereocenters. The highest BCUT2D eigenvalue weighted by molar-refractivity contribution is 9.10. The molecule has 1 aromatic heterocycles. The molecule has 4 nitrogen and oxygen atoms in total. The number of aliphatic hydroxyl groups excluding tert-OH is 1. The number of carbonyl (C=O) groups is 1. The molecule has 19 heavy (non-hydrogen) atoms. The van der Waals surface area contributed by atoms with Gasteiger partial charge < -0.3 is 10.0 Å². The molecule has 0 aromatic carbocycles. The molecule has 0 spiro atoms. The van der Waals surface area contributed by atoms with E-state index in [1.165, 1.54) is 0 Å². The third-order valence-electron chi connectivity index (χ3n) is 2.77. The number of halogens is 1. The second-order valence-corrected chi connectivity index (χ2v) is 6.77. The number of rotatable bonds is 7. The number of hydrogen-bond donors (Lipinski definition) is 1. The van der Waals surface area contributed by atoms with Crippen LogP contribution in [0.3, 0.4) is 0 Å². The third kappa shape index (κ3) is 6.51. The van der Waals surface area contributed by atoms with Crippen molar-refractivity contribution in [2.24, 2.45) is 0 Å². The molecule has 1 unspecified atom stereocenters. The van der Waals surface area contributed by atoms with Crippen LogP contribution in [0.1, 0.15) is 18.2 Å². The van der Waals surface area contributed by atoms with E-state index in [1.807, 2.05) is 30.4 Å². The SMILES string of the molecule is CC(O)CCN(C)CC(=O)N(C)Cc1cc(Br)cs1. The molecule has 0 aliphatic carbocycles. The number of likely N-dealkylation sites (N-methyl/N-ethyl adjacent to an activating group) is 2. The largest absolute Gasteiger partial charge is 0.393 e. The predicted octanol–water partition coefficient (Wildman–Crippen LogP) is 2.17. The van der Waals surface area contributed by atoms with E-state index >= 15 is 0 Å². The number of thiophene rings is 1. The first-order valence-corrected chi connectivity index (χ1v) is 7.89. The van der Waals surface area contributed by atoms with Crippen LogP contribution in [0.25, 0.3) is 0 Å². The Morgan fingerprint density at radius 2 is 2.21 bits per heavy atom. The van der Waals surface area contributed by atoms with Gasteiger partial charge in [-0.15, -0.1) is 11.3 Å². The van der Waals surface area contributed by atoms with Crippen LogP contribution in [0.15, 0.2) is 15.9 Å². The Balaban J connectivity index is 2.35. The van der Waals surface area contributed by atoms with E-state index in [4.69, 9.17) is 0 Å². The van der Waals surface area contributed by atoms with E-state index in [2.05, 4.69) is 15.9 Å². The van der Waals surface area contributed by atoms with Crippen LogP contribution in [-0.2, 0) is 11.3 Å². The summed E-state index contributed by atoms with van der Waals surface area (Å²) in [7, 11) is 3.72. The van der Waals surface area contributed by atoms with Crippen LogP contribution >= 0.6 is 27.3 Å². The first kappa shape index (κ1) is 16.6. The van der Waals surface area contributed by atoms with Gasteiger partial charge in [0.05, 0.1) is 19.2 Å². The molecule has 108 valence electrons. The highest BCUT2D eigenvalue weighted by Gasteiger charge is 2.13. The molecule has 6 heteroatoms. The van der Waals surface area contributed by atoms with E-state index < -0.39 is 0 Å². The topological polar surface area (TPSA) is 43.8 Å². The molecule has 0 aliphatic rings. The van der Waals surface area contributed by atoms with Gasteiger partial charge in [0, 0.05) is 28.3 Å². The van der Waals surface area contributed by atoms with Gasteiger partial charge in [-0.05, 0) is 42.4 Å². The average molecular weight is 349 g/mol. The number of aliphatic hydroxyl groups is 1. The zero-order chi connectivity index (χ0) is 14.4. The summed E-state index contributed by atoms with van der Waals surface area (Å²) in [6, 6.07) is 2.03. The van der Waals surface area contributed by atoms with Crippen molar-refractivity contribution in [3.63, 3.8) is 0 Å². The van der Waals surface area contributed by atoms with Crippen LogP contribution in [0, 0.1) is 0 Å². The summed E-state index contributed by atoms with van der Waals surface area (Å²) in [5.41, 5.74) is 0. The molecule has 0 bridgehead atoms. The van der Waals surface area contributed by atoms with Gasteiger partial charge in [0.1, 0.15) is 0 Å². The Morgan fingerprint density at radius 1 is 1.53 bits per heavy atom. The van der Waals surface area contributed by atoms with Crippen LogP contribution in [0.5, 0.6) is 0 Å². The lowest BCUT2D eigenvalue weighted by atomic mass is 10.3. The summed E-state index contributed by atoms with van der Waals surface area (Å²) in [6.07, 6.45) is 0.365.